The van der Waals surface area contributed by atoms with Gasteiger partial charge in [0.1, 0.15) is 0 Å². The maximum atomic E-state index is 11.9. The highest BCUT2D eigenvalue weighted by Crippen LogP contribution is 2.50. The number of aromatic nitrogens is 2. The average Bonchev–Trinajstić information content (AvgIpc) is 3.84. The number of fused-ring (bicyclic) bond motifs is 2. The molecule has 1 amide bonds. The van der Waals surface area contributed by atoms with E-state index in [9.17, 15) is 4.79 Å². The molecule has 2 atom stereocenters. The number of ether oxygens (including phenoxy) is 3. The van der Waals surface area contributed by atoms with Gasteiger partial charge in [0.25, 0.3) is 0 Å². The first-order valence-electron chi connectivity index (χ1n) is 17.8. The van der Waals surface area contributed by atoms with Gasteiger partial charge in [0.05, 0.1) is 41.8 Å². The molecular formula is C40H41Cl2N5O4. The molecule has 0 unspecified atom stereocenters. The Hall–Kier alpha value is -3.73. The first-order chi connectivity index (χ1) is 24.8. The fourth-order valence-corrected chi connectivity index (χ4v) is 9.89. The minimum Gasteiger partial charge on any atom is -0.481 e. The first-order valence-corrected chi connectivity index (χ1v) is 18.6. The van der Waals surface area contributed by atoms with Crippen LogP contribution in [0.1, 0.15) is 53.6 Å². The van der Waals surface area contributed by atoms with Gasteiger partial charge in [-0.25, -0.2) is 9.97 Å². The van der Waals surface area contributed by atoms with Crippen molar-refractivity contribution in [3.63, 3.8) is 0 Å². The van der Waals surface area contributed by atoms with Gasteiger partial charge in [0.15, 0.2) is 0 Å². The summed E-state index contributed by atoms with van der Waals surface area (Å²) in [5.41, 5.74) is 9.75. The predicted octanol–water partition coefficient (Wildman–Crippen LogP) is 6.93. The zero-order valence-electron chi connectivity index (χ0n) is 29.1. The Balaban J connectivity index is 1.02. The van der Waals surface area contributed by atoms with Gasteiger partial charge >= 0.3 is 0 Å². The molecule has 3 fully saturated rings. The van der Waals surface area contributed by atoms with Gasteiger partial charge in [0, 0.05) is 97.1 Å². The van der Waals surface area contributed by atoms with E-state index in [1.165, 1.54) is 16.7 Å². The molecule has 0 bridgehead atoms. The molecule has 0 radical (unpaired) electrons. The number of likely N-dealkylation sites (tertiary alicyclic amines) is 2. The van der Waals surface area contributed by atoms with Crippen LogP contribution >= 0.6 is 23.2 Å². The number of rotatable bonds is 8. The molecule has 1 spiro atoms. The molecule has 2 aliphatic carbocycles. The summed E-state index contributed by atoms with van der Waals surface area (Å²) in [6.07, 6.45) is 4.83. The van der Waals surface area contributed by atoms with Crippen molar-refractivity contribution in [1.82, 2.24) is 25.1 Å². The molecule has 4 aromatic rings. The third-order valence-electron chi connectivity index (χ3n) is 11.8. The van der Waals surface area contributed by atoms with E-state index in [0.717, 1.165) is 97.6 Å². The number of pyridine rings is 2. The van der Waals surface area contributed by atoms with Crippen molar-refractivity contribution < 1.29 is 19.0 Å². The number of nitrogens with zero attached hydrogens (tertiary/aromatic N) is 4. The Labute approximate surface area is 308 Å². The molecule has 264 valence electrons. The monoisotopic (exact) mass is 725 g/mol. The zero-order valence-corrected chi connectivity index (χ0v) is 30.6. The Morgan fingerprint density at radius 3 is 1.75 bits per heavy atom. The van der Waals surface area contributed by atoms with Gasteiger partial charge in [-0.05, 0) is 48.9 Å². The Morgan fingerprint density at radius 2 is 1.27 bits per heavy atom. The standard InChI is InChI=1S/C40H41Cl2N5O4/c1-49-24-17-46(18-24)31-12-10-22-14-29(44-38(50-2)34(22)31)27-8-4-6-25(36(27)41)26-7-5-9-28(37(26)42)30-15-23-11-13-32(35(23)39(45-30)51-3)47-20-40(21-47)16-33(48)43-19-40/h4-9,14-15,24,31-32H,10-13,16-21H2,1-3H3,(H,43,48)/t31-,32+/m0/s1. The van der Waals surface area contributed by atoms with Crippen molar-refractivity contribution in [3.05, 3.63) is 80.8 Å². The van der Waals surface area contributed by atoms with E-state index < -0.39 is 0 Å². The number of nitrogens with one attached hydrogen (secondary N) is 1. The van der Waals surface area contributed by atoms with Crippen LogP contribution in [0.15, 0.2) is 48.5 Å². The van der Waals surface area contributed by atoms with Crippen LogP contribution in [-0.4, -0.2) is 85.8 Å². The predicted molar refractivity (Wildman–Crippen MR) is 198 cm³/mol. The van der Waals surface area contributed by atoms with Crippen molar-refractivity contribution in [2.24, 2.45) is 5.41 Å². The van der Waals surface area contributed by atoms with Crippen molar-refractivity contribution in [1.29, 1.82) is 0 Å². The number of methoxy groups -OCH3 is 3. The summed E-state index contributed by atoms with van der Waals surface area (Å²) in [5.74, 6) is 1.46. The summed E-state index contributed by atoms with van der Waals surface area (Å²) in [7, 11) is 5.16. The molecular weight excluding hydrogens is 685 g/mol. The summed E-state index contributed by atoms with van der Waals surface area (Å²) in [4.78, 5) is 26.9. The van der Waals surface area contributed by atoms with Gasteiger partial charge in [-0.15, -0.1) is 0 Å². The Kier molecular flexibility index (Phi) is 8.28. The molecule has 0 saturated carbocycles. The van der Waals surface area contributed by atoms with E-state index in [2.05, 4.69) is 27.2 Å². The van der Waals surface area contributed by atoms with E-state index in [0.29, 0.717) is 34.3 Å². The number of carbonyl (C=O) groups excluding carboxylic acids is 1. The summed E-state index contributed by atoms with van der Waals surface area (Å²) in [6.45, 7) is 4.45. The highest BCUT2D eigenvalue weighted by molar-refractivity contribution is 6.39. The summed E-state index contributed by atoms with van der Waals surface area (Å²) in [6, 6.07) is 16.9. The minimum atomic E-state index is 0.0707. The van der Waals surface area contributed by atoms with E-state index in [1.54, 1.807) is 21.3 Å². The van der Waals surface area contributed by atoms with Crippen LogP contribution in [0.5, 0.6) is 11.8 Å². The molecule has 5 heterocycles. The fraction of sp³-hybridized carbons (Fsp3) is 0.425. The van der Waals surface area contributed by atoms with Crippen LogP contribution < -0.4 is 14.8 Å². The van der Waals surface area contributed by atoms with Crippen molar-refractivity contribution in [2.75, 3.05) is 54.1 Å². The SMILES string of the molecule is COc1nc(-c2cccc(-c3cccc(-c4cc5c(c(OC)n4)[C@@H](N4CC(OC)C4)CC5)c3Cl)c2Cl)cc2c1[C@H](N1CC3(CNC(=O)C3)C1)CC2. The molecule has 5 aliphatic rings. The van der Waals surface area contributed by atoms with E-state index in [4.69, 9.17) is 47.4 Å². The van der Waals surface area contributed by atoms with Gasteiger partial charge in [-0.1, -0.05) is 59.6 Å². The van der Waals surface area contributed by atoms with E-state index >= 15 is 0 Å². The molecule has 1 N–H and O–H groups in total. The molecule has 2 aromatic carbocycles. The van der Waals surface area contributed by atoms with E-state index in [-0.39, 0.29) is 23.4 Å². The second-order valence-corrected chi connectivity index (χ2v) is 15.5. The Morgan fingerprint density at radius 1 is 0.765 bits per heavy atom. The molecule has 9 nitrogen and oxygen atoms in total. The second kappa shape index (κ2) is 12.7. The summed E-state index contributed by atoms with van der Waals surface area (Å²) < 4.78 is 17.4. The van der Waals surface area contributed by atoms with Crippen LogP contribution in [0, 0.1) is 5.41 Å². The lowest BCUT2D eigenvalue weighted by atomic mass is 9.77. The number of benzene rings is 2. The first kappa shape index (κ1) is 33.1. The lowest BCUT2D eigenvalue weighted by molar-refractivity contribution is -0.121. The molecule has 51 heavy (non-hydrogen) atoms. The third-order valence-corrected chi connectivity index (χ3v) is 12.7. The largest absolute Gasteiger partial charge is 0.481 e. The fourth-order valence-electron chi connectivity index (χ4n) is 9.24. The molecule has 2 aromatic heterocycles. The minimum absolute atomic E-state index is 0.0707. The Bertz CT molecular complexity index is 2060. The number of hydrogen-bond donors (Lipinski definition) is 1. The van der Waals surface area contributed by atoms with Gasteiger partial charge in [-0.3, -0.25) is 14.6 Å². The van der Waals surface area contributed by atoms with Crippen LogP contribution in [0.4, 0.5) is 0 Å². The zero-order chi connectivity index (χ0) is 35.0. The maximum Gasteiger partial charge on any atom is 0.220 e. The number of halogens is 2. The van der Waals surface area contributed by atoms with Crippen molar-refractivity contribution >= 4 is 29.1 Å². The third kappa shape index (κ3) is 5.43. The number of amides is 1. The molecule has 3 saturated heterocycles. The van der Waals surface area contributed by atoms with Crippen LogP contribution in [-0.2, 0) is 22.4 Å². The lowest BCUT2D eigenvalue weighted by Crippen LogP contribution is -2.58. The van der Waals surface area contributed by atoms with Gasteiger partial charge < -0.3 is 19.5 Å². The topological polar surface area (TPSA) is 89.1 Å². The number of aryl methyl sites for hydroxylation is 2. The summed E-state index contributed by atoms with van der Waals surface area (Å²) >= 11 is 14.5. The summed E-state index contributed by atoms with van der Waals surface area (Å²) in [5, 5.41) is 4.18. The smallest absolute Gasteiger partial charge is 0.220 e. The van der Waals surface area contributed by atoms with Crippen LogP contribution in [0.25, 0.3) is 33.6 Å². The number of hydrogen-bond acceptors (Lipinski definition) is 8. The highest BCUT2D eigenvalue weighted by atomic mass is 35.5. The van der Waals surface area contributed by atoms with Crippen LogP contribution in [0.2, 0.25) is 10.0 Å². The lowest BCUT2D eigenvalue weighted by Gasteiger charge is -2.50. The van der Waals surface area contributed by atoms with E-state index in [1.807, 2.05) is 36.4 Å². The number of carbonyl (C=O) groups is 1. The maximum absolute atomic E-state index is 11.9. The average molecular weight is 727 g/mol. The van der Waals surface area contributed by atoms with Gasteiger partial charge in [0.2, 0.25) is 17.7 Å². The quantitative estimate of drug-likeness (QED) is 0.209. The second-order valence-electron chi connectivity index (χ2n) is 14.8. The molecule has 11 heteroatoms. The molecule has 9 rings (SSSR count). The molecule has 3 aliphatic heterocycles. The van der Waals surface area contributed by atoms with Gasteiger partial charge in [-0.2, -0.15) is 0 Å². The van der Waals surface area contributed by atoms with Crippen molar-refractivity contribution in [2.45, 2.75) is 50.3 Å². The van der Waals surface area contributed by atoms with Crippen LogP contribution in [0.3, 0.4) is 0 Å². The van der Waals surface area contributed by atoms with Crippen molar-refractivity contribution in [3.8, 4) is 45.4 Å². The highest BCUT2D eigenvalue weighted by Gasteiger charge is 2.51. The normalized spacial score (nSPS) is 22.4.